The van der Waals surface area contributed by atoms with Crippen LogP contribution in [0.1, 0.15) is 44.5 Å². The third kappa shape index (κ3) is 5.32. The SMILES string of the molecule is CCCn1c(=O)n(C)c(=O)c2c(SCC(=O)N(C)Cc3ccc(F)cc3)nc(C(C)C)nc21. The largest absolute Gasteiger partial charge is 0.341 e. The molecule has 2 heterocycles. The van der Waals surface area contributed by atoms with E-state index in [-0.39, 0.29) is 28.8 Å². The second-order valence-corrected chi connectivity index (χ2v) is 9.17. The Bertz CT molecular complexity index is 1280. The van der Waals surface area contributed by atoms with Crippen LogP contribution in [0.3, 0.4) is 0 Å². The molecule has 1 amide bonds. The summed E-state index contributed by atoms with van der Waals surface area (Å²) in [5, 5.41) is 0.631. The highest BCUT2D eigenvalue weighted by molar-refractivity contribution is 8.00. The Balaban J connectivity index is 1.96. The molecule has 10 heteroatoms. The molecule has 0 radical (unpaired) electrons. The normalized spacial score (nSPS) is 11.4. The van der Waals surface area contributed by atoms with Crippen LogP contribution in [0.2, 0.25) is 0 Å². The fourth-order valence-electron chi connectivity index (χ4n) is 3.33. The number of fused-ring (bicyclic) bond motifs is 1. The molecule has 0 unspecified atom stereocenters. The number of aromatic nitrogens is 4. The van der Waals surface area contributed by atoms with Gasteiger partial charge >= 0.3 is 5.69 Å². The first kappa shape index (κ1) is 24.6. The minimum Gasteiger partial charge on any atom is -0.341 e. The molecule has 0 spiro atoms. The van der Waals surface area contributed by atoms with Gasteiger partial charge in [-0.25, -0.2) is 19.2 Å². The van der Waals surface area contributed by atoms with Gasteiger partial charge in [0.25, 0.3) is 5.56 Å². The Morgan fingerprint density at radius 1 is 1.18 bits per heavy atom. The number of nitrogens with zero attached hydrogens (tertiary/aromatic N) is 5. The van der Waals surface area contributed by atoms with Crippen LogP contribution in [-0.2, 0) is 24.9 Å². The molecule has 33 heavy (non-hydrogen) atoms. The molecule has 3 aromatic rings. The van der Waals surface area contributed by atoms with Crippen molar-refractivity contribution < 1.29 is 9.18 Å². The number of carbonyl (C=O) groups is 1. The van der Waals surface area contributed by atoms with Crippen LogP contribution in [0, 0.1) is 5.82 Å². The Kier molecular flexibility index (Phi) is 7.68. The van der Waals surface area contributed by atoms with Gasteiger partial charge in [-0.2, -0.15) is 0 Å². The van der Waals surface area contributed by atoms with Gasteiger partial charge in [-0.15, -0.1) is 0 Å². The van der Waals surface area contributed by atoms with Gasteiger partial charge in [0.1, 0.15) is 22.1 Å². The van der Waals surface area contributed by atoms with E-state index in [1.54, 1.807) is 19.2 Å². The molecule has 0 bridgehead atoms. The minimum atomic E-state index is -0.479. The Labute approximate surface area is 195 Å². The molecule has 0 fully saturated rings. The van der Waals surface area contributed by atoms with E-state index >= 15 is 0 Å². The molecule has 2 aromatic heterocycles. The predicted molar refractivity (Wildman–Crippen MR) is 127 cm³/mol. The molecule has 0 saturated carbocycles. The summed E-state index contributed by atoms with van der Waals surface area (Å²) in [6.07, 6.45) is 0.698. The zero-order valence-corrected chi connectivity index (χ0v) is 20.3. The minimum absolute atomic E-state index is 0.0279. The number of benzene rings is 1. The molecule has 176 valence electrons. The van der Waals surface area contributed by atoms with Crippen LogP contribution >= 0.6 is 11.8 Å². The summed E-state index contributed by atoms with van der Waals surface area (Å²) in [6, 6.07) is 5.98. The highest BCUT2D eigenvalue weighted by Crippen LogP contribution is 2.25. The molecule has 3 rings (SSSR count). The van der Waals surface area contributed by atoms with E-state index in [0.717, 1.165) is 21.9 Å². The number of amides is 1. The van der Waals surface area contributed by atoms with Crippen molar-refractivity contribution in [1.82, 2.24) is 24.0 Å². The van der Waals surface area contributed by atoms with E-state index in [9.17, 15) is 18.8 Å². The molecule has 1 aromatic carbocycles. The molecule has 0 atom stereocenters. The van der Waals surface area contributed by atoms with Crippen molar-refractivity contribution in [2.75, 3.05) is 12.8 Å². The van der Waals surface area contributed by atoms with E-state index in [1.165, 1.54) is 28.6 Å². The number of hydrogen-bond donors (Lipinski definition) is 0. The number of halogens is 1. The second kappa shape index (κ2) is 10.3. The lowest BCUT2D eigenvalue weighted by Gasteiger charge is -2.18. The van der Waals surface area contributed by atoms with Crippen LogP contribution in [0.15, 0.2) is 38.9 Å². The first-order valence-electron chi connectivity index (χ1n) is 10.8. The van der Waals surface area contributed by atoms with Gasteiger partial charge in [-0.1, -0.05) is 44.7 Å². The lowest BCUT2D eigenvalue weighted by Crippen LogP contribution is -2.39. The van der Waals surface area contributed by atoms with E-state index in [2.05, 4.69) is 9.97 Å². The smallest absolute Gasteiger partial charge is 0.332 e. The van der Waals surface area contributed by atoms with Gasteiger partial charge in [0, 0.05) is 33.1 Å². The zero-order chi connectivity index (χ0) is 24.3. The molecule has 0 aliphatic heterocycles. The second-order valence-electron chi connectivity index (χ2n) is 8.20. The quantitative estimate of drug-likeness (QED) is 0.369. The Hall–Kier alpha value is -3.01. The van der Waals surface area contributed by atoms with Gasteiger partial charge in [-0.3, -0.25) is 18.7 Å². The van der Waals surface area contributed by atoms with E-state index in [1.807, 2.05) is 20.8 Å². The van der Waals surface area contributed by atoms with E-state index < -0.39 is 11.2 Å². The zero-order valence-electron chi connectivity index (χ0n) is 19.5. The summed E-state index contributed by atoms with van der Waals surface area (Å²) >= 11 is 1.16. The van der Waals surface area contributed by atoms with Gasteiger partial charge in [0.2, 0.25) is 5.91 Å². The number of hydrogen-bond acceptors (Lipinski definition) is 6. The summed E-state index contributed by atoms with van der Waals surface area (Å²) in [4.78, 5) is 49.1. The van der Waals surface area contributed by atoms with Crippen molar-refractivity contribution in [1.29, 1.82) is 0 Å². The maximum atomic E-state index is 13.1. The average molecular weight is 474 g/mol. The van der Waals surface area contributed by atoms with Crippen molar-refractivity contribution in [3.8, 4) is 0 Å². The van der Waals surface area contributed by atoms with Crippen molar-refractivity contribution >= 4 is 28.7 Å². The molecule has 0 N–H and O–H groups in total. The van der Waals surface area contributed by atoms with Gasteiger partial charge in [0.05, 0.1) is 5.75 Å². The summed E-state index contributed by atoms with van der Waals surface area (Å²) in [5.41, 5.74) is 0.212. The molecular weight excluding hydrogens is 445 g/mol. The number of rotatable bonds is 8. The van der Waals surface area contributed by atoms with Crippen LogP contribution in [0.5, 0.6) is 0 Å². The Morgan fingerprint density at radius 2 is 1.85 bits per heavy atom. The van der Waals surface area contributed by atoms with E-state index in [0.29, 0.717) is 36.0 Å². The highest BCUT2D eigenvalue weighted by Gasteiger charge is 2.21. The monoisotopic (exact) mass is 473 g/mol. The first-order chi connectivity index (χ1) is 15.6. The van der Waals surface area contributed by atoms with Crippen LogP contribution in [0.25, 0.3) is 11.0 Å². The topological polar surface area (TPSA) is 90.1 Å². The summed E-state index contributed by atoms with van der Waals surface area (Å²) in [6.45, 7) is 6.56. The molecule has 0 saturated heterocycles. The number of carbonyl (C=O) groups excluding carboxylic acids is 1. The predicted octanol–water partition coefficient (Wildman–Crippen LogP) is 2.91. The van der Waals surface area contributed by atoms with Crippen LogP contribution in [-0.4, -0.2) is 42.7 Å². The third-order valence-corrected chi connectivity index (χ3v) is 6.18. The standard InChI is InChI=1S/C23H28FN5O3S/c1-6-11-29-20-18(22(31)28(5)23(29)32)21(26-19(25-20)14(2)3)33-13-17(30)27(4)12-15-7-9-16(24)10-8-15/h7-10,14H,6,11-13H2,1-5H3. The van der Waals surface area contributed by atoms with Crippen molar-refractivity contribution in [3.63, 3.8) is 0 Å². The molecule has 8 nitrogen and oxygen atoms in total. The van der Waals surface area contributed by atoms with Crippen molar-refractivity contribution in [3.05, 3.63) is 62.3 Å². The lowest BCUT2D eigenvalue weighted by atomic mass is 10.2. The van der Waals surface area contributed by atoms with Gasteiger partial charge in [0.15, 0.2) is 5.65 Å². The maximum Gasteiger partial charge on any atom is 0.332 e. The van der Waals surface area contributed by atoms with E-state index in [4.69, 9.17) is 0 Å². The first-order valence-corrected chi connectivity index (χ1v) is 11.7. The van der Waals surface area contributed by atoms with Crippen molar-refractivity contribution in [2.24, 2.45) is 7.05 Å². The fraction of sp³-hybridized carbons (Fsp3) is 0.435. The fourth-order valence-corrected chi connectivity index (χ4v) is 4.30. The maximum absolute atomic E-state index is 13.1. The Morgan fingerprint density at radius 3 is 2.45 bits per heavy atom. The number of thioether (sulfide) groups is 1. The number of aryl methyl sites for hydroxylation is 1. The lowest BCUT2D eigenvalue weighted by molar-refractivity contribution is -0.127. The highest BCUT2D eigenvalue weighted by atomic mass is 32.2. The summed E-state index contributed by atoms with van der Waals surface area (Å²) in [7, 11) is 3.10. The van der Waals surface area contributed by atoms with Gasteiger partial charge in [-0.05, 0) is 24.1 Å². The molecule has 0 aliphatic rings. The summed E-state index contributed by atoms with van der Waals surface area (Å²) in [5.74, 6) is 0.0376. The molecular formula is C23H28FN5O3S. The van der Waals surface area contributed by atoms with Crippen LogP contribution in [0.4, 0.5) is 4.39 Å². The average Bonchev–Trinajstić information content (AvgIpc) is 2.79. The summed E-state index contributed by atoms with van der Waals surface area (Å²) < 4.78 is 15.7. The van der Waals surface area contributed by atoms with Gasteiger partial charge < -0.3 is 4.90 Å². The van der Waals surface area contributed by atoms with Crippen LogP contribution < -0.4 is 11.2 Å². The third-order valence-electron chi connectivity index (χ3n) is 5.22. The van der Waals surface area contributed by atoms with Crippen molar-refractivity contribution in [2.45, 2.75) is 51.2 Å². The molecule has 0 aliphatic carbocycles.